The first kappa shape index (κ1) is 11.4. The number of rotatable bonds is 1. The zero-order valence-corrected chi connectivity index (χ0v) is 11.0. The summed E-state index contributed by atoms with van der Waals surface area (Å²) in [6, 6.07) is 6.11. The van der Waals surface area contributed by atoms with Crippen LogP contribution in [0.3, 0.4) is 0 Å². The summed E-state index contributed by atoms with van der Waals surface area (Å²) in [5, 5.41) is 0. The summed E-state index contributed by atoms with van der Waals surface area (Å²) >= 11 is 3.46. The van der Waals surface area contributed by atoms with E-state index in [2.05, 4.69) is 22.0 Å². The molecule has 1 aromatic carbocycles. The fourth-order valence-corrected chi connectivity index (χ4v) is 2.37. The lowest BCUT2D eigenvalue weighted by Crippen LogP contribution is -2.15. The van der Waals surface area contributed by atoms with Gasteiger partial charge in [0.05, 0.1) is 0 Å². The van der Waals surface area contributed by atoms with E-state index in [0.29, 0.717) is 6.42 Å². The van der Waals surface area contributed by atoms with E-state index in [0.717, 1.165) is 22.0 Å². The molecule has 0 spiro atoms. The third-order valence-corrected chi connectivity index (χ3v) is 3.16. The number of fused-ring (bicyclic) bond motifs is 1. The van der Waals surface area contributed by atoms with Crippen molar-refractivity contribution >= 4 is 27.3 Å². The van der Waals surface area contributed by atoms with Crippen LogP contribution in [0.25, 0.3) is 5.57 Å². The highest BCUT2D eigenvalue weighted by molar-refractivity contribution is 9.10. The van der Waals surface area contributed by atoms with Gasteiger partial charge in [-0.25, -0.2) is 0 Å². The fourth-order valence-electron chi connectivity index (χ4n) is 1.96. The second-order valence-corrected chi connectivity index (χ2v) is 5.15. The van der Waals surface area contributed by atoms with Crippen molar-refractivity contribution in [3.8, 4) is 0 Å². The van der Waals surface area contributed by atoms with Crippen molar-refractivity contribution in [2.75, 3.05) is 14.1 Å². The van der Waals surface area contributed by atoms with Crippen LogP contribution in [0.2, 0.25) is 0 Å². The van der Waals surface area contributed by atoms with Crippen molar-refractivity contribution in [2.24, 2.45) is 0 Å². The molecule has 0 N–H and O–H groups in total. The Morgan fingerprint density at radius 2 is 2.06 bits per heavy atom. The Morgan fingerprint density at radius 1 is 1.31 bits per heavy atom. The number of aryl methyl sites for hydroxylation is 1. The maximum absolute atomic E-state index is 11.9. The summed E-state index contributed by atoms with van der Waals surface area (Å²) in [5.74, 6) is 0.239. The number of hydrogen-bond acceptors (Lipinski definition) is 2. The molecule has 0 unspecified atom stereocenters. The summed E-state index contributed by atoms with van der Waals surface area (Å²) < 4.78 is 1.07. The number of hydrogen-bond donors (Lipinski definition) is 0. The van der Waals surface area contributed by atoms with Crippen LogP contribution in [-0.4, -0.2) is 24.8 Å². The van der Waals surface area contributed by atoms with Crippen LogP contribution < -0.4 is 0 Å². The van der Waals surface area contributed by atoms with Gasteiger partial charge >= 0.3 is 0 Å². The normalized spacial score (nSPS) is 17.4. The highest BCUT2D eigenvalue weighted by Gasteiger charge is 2.21. The van der Waals surface area contributed by atoms with Gasteiger partial charge in [-0.2, -0.15) is 0 Å². The Labute approximate surface area is 104 Å². The van der Waals surface area contributed by atoms with Gasteiger partial charge in [-0.15, -0.1) is 0 Å². The first-order valence-corrected chi connectivity index (χ1v) is 6.07. The van der Waals surface area contributed by atoms with E-state index in [9.17, 15) is 4.79 Å². The highest BCUT2D eigenvalue weighted by atomic mass is 79.9. The maximum Gasteiger partial charge on any atom is 0.165 e. The molecule has 3 heteroatoms. The molecular formula is C13H14BrNO. The van der Waals surface area contributed by atoms with Gasteiger partial charge in [0.15, 0.2) is 5.78 Å². The van der Waals surface area contributed by atoms with Crippen LogP contribution in [-0.2, 0) is 11.2 Å². The topological polar surface area (TPSA) is 20.3 Å². The lowest BCUT2D eigenvalue weighted by Gasteiger charge is -2.19. The van der Waals surface area contributed by atoms with Crippen molar-refractivity contribution < 1.29 is 4.79 Å². The minimum atomic E-state index is 0.239. The van der Waals surface area contributed by atoms with Gasteiger partial charge < -0.3 is 4.90 Å². The predicted octanol–water partition coefficient (Wildman–Crippen LogP) is 2.87. The van der Waals surface area contributed by atoms with E-state index in [1.165, 1.54) is 5.56 Å². The number of nitrogens with zero attached hydrogens (tertiary/aromatic N) is 1. The Morgan fingerprint density at radius 3 is 2.75 bits per heavy atom. The zero-order chi connectivity index (χ0) is 11.7. The first-order chi connectivity index (χ1) is 7.58. The molecule has 16 heavy (non-hydrogen) atoms. The van der Waals surface area contributed by atoms with Crippen LogP contribution in [0, 0.1) is 0 Å². The molecule has 0 aromatic heterocycles. The lowest BCUT2D eigenvalue weighted by atomic mass is 9.87. The number of benzene rings is 1. The van der Waals surface area contributed by atoms with Crippen molar-refractivity contribution in [3.63, 3.8) is 0 Å². The quantitative estimate of drug-likeness (QED) is 0.737. The number of ketones is 1. The maximum atomic E-state index is 11.9. The van der Waals surface area contributed by atoms with Gasteiger partial charge in [-0.05, 0) is 29.7 Å². The largest absolute Gasteiger partial charge is 0.383 e. The van der Waals surface area contributed by atoms with E-state index in [-0.39, 0.29) is 5.78 Å². The van der Waals surface area contributed by atoms with Crippen LogP contribution in [0.15, 0.2) is 28.9 Å². The molecule has 0 saturated carbocycles. The molecule has 0 atom stereocenters. The average Bonchev–Trinajstić information content (AvgIpc) is 2.22. The third-order valence-electron chi connectivity index (χ3n) is 2.67. The van der Waals surface area contributed by atoms with Gasteiger partial charge in [0.2, 0.25) is 0 Å². The van der Waals surface area contributed by atoms with E-state index in [4.69, 9.17) is 0 Å². The molecule has 0 fully saturated rings. The van der Waals surface area contributed by atoms with Gasteiger partial charge in [-0.3, -0.25) is 4.79 Å². The first-order valence-electron chi connectivity index (χ1n) is 5.28. The van der Waals surface area contributed by atoms with Crippen LogP contribution in [0.4, 0.5) is 0 Å². The molecule has 84 valence electrons. The summed E-state index contributed by atoms with van der Waals surface area (Å²) in [6.07, 6.45) is 3.37. The second kappa shape index (κ2) is 4.42. The Balaban J connectivity index is 2.52. The summed E-state index contributed by atoms with van der Waals surface area (Å²) in [6.45, 7) is 0. The molecule has 0 bridgehead atoms. The molecule has 1 aliphatic rings. The number of carbonyl (C=O) groups excluding carboxylic acids is 1. The third kappa shape index (κ3) is 2.19. The number of carbonyl (C=O) groups is 1. The van der Waals surface area contributed by atoms with Crippen LogP contribution >= 0.6 is 15.9 Å². The average molecular weight is 280 g/mol. The van der Waals surface area contributed by atoms with Crippen molar-refractivity contribution in [1.29, 1.82) is 0 Å². The molecule has 0 amide bonds. The zero-order valence-electron chi connectivity index (χ0n) is 9.46. The Kier molecular flexibility index (Phi) is 3.15. The van der Waals surface area contributed by atoms with Crippen LogP contribution in [0.5, 0.6) is 0 Å². The highest BCUT2D eigenvalue weighted by Crippen LogP contribution is 2.30. The molecular weight excluding hydrogens is 266 g/mol. The second-order valence-electron chi connectivity index (χ2n) is 4.23. The summed E-state index contributed by atoms with van der Waals surface area (Å²) in [4.78, 5) is 13.8. The van der Waals surface area contributed by atoms with Gasteiger partial charge in [0, 0.05) is 36.8 Å². The standard InChI is InChI=1S/C13H14BrNO/c1-15(2)8-12-11-5-4-10(14)7-9(11)3-6-13(12)16/h4-5,7-8H,3,6H2,1-2H3/b12-8-. The predicted molar refractivity (Wildman–Crippen MR) is 69.1 cm³/mol. The van der Waals surface area contributed by atoms with Crippen LogP contribution in [0.1, 0.15) is 17.5 Å². The molecule has 0 aliphatic heterocycles. The molecule has 0 radical (unpaired) electrons. The SMILES string of the molecule is CN(C)/C=C1\C(=O)CCc2cc(Br)ccc21. The minimum Gasteiger partial charge on any atom is -0.383 e. The van der Waals surface area contributed by atoms with Crippen molar-refractivity contribution in [2.45, 2.75) is 12.8 Å². The smallest absolute Gasteiger partial charge is 0.165 e. The van der Waals surface area contributed by atoms with Crippen molar-refractivity contribution in [1.82, 2.24) is 4.90 Å². The van der Waals surface area contributed by atoms with Crippen molar-refractivity contribution in [3.05, 3.63) is 40.0 Å². The van der Waals surface area contributed by atoms with Gasteiger partial charge in [-0.1, -0.05) is 22.0 Å². The Hall–Kier alpha value is -1.09. The number of allylic oxidation sites excluding steroid dienone is 1. The lowest BCUT2D eigenvalue weighted by molar-refractivity contribution is -0.113. The molecule has 1 aliphatic carbocycles. The van der Waals surface area contributed by atoms with E-state index in [1.54, 1.807) is 0 Å². The van der Waals surface area contributed by atoms with E-state index in [1.807, 2.05) is 37.3 Å². The number of Topliss-reactive ketones (excluding diaryl/α,β-unsaturated/α-hetero) is 1. The fraction of sp³-hybridized carbons (Fsp3) is 0.308. The summed E-state index contributed by atoms with van der Waals surface area (Å²) in [7, 11) is 3.88. The van der Waals surface area contributed by atoms with E-state index < -0.39 is 0 Å². The van der Waals surface area contributed by atoms with E-state index >= 15 is 0 Å². The molecule has 0 saturated heterocycles. The number of halogens is 1. The molecule has 2 rings (SSSR count). The summed E-state index contributed by atoms with van der Waals surface area (Å²) in [5.41, 5.74) is 3.16. The monoisotopic (exact) mass is 279 g/mol. The molecule has 0 heterocycles. The van der Waals surface area contributed by atoms with Gasteiger partial charge in [0.1, 0.15) is 0 Å². The minimum absolute atomic E-state index is 0.239. The van der Waals surface area contributed by atoms with Gasteiger partial charge in [0.25, 0.3) is 0 Å². The molecule has 2 nitrogen and oxygen atoms in total. The molecule has 1 aromatic rings. The Bertz CT molecular complexity index is 463.